The van der Waals surface area contributed by atoms with Gasteiger partial charge in [0.1, 0.15) is 0 Å². The quantitative estimate of drug-likeness (QED) is 0.802. The Hall–Kier alpha value is -0.180. The van der Waals surface area contributed by atoms with E-state index in [1.807, 2.05) is 23.9 Å². The van der Waals surface area contributed by atoms with Gasteiger partial charge in [0, 0.05) is 28.6 Å². The van der Waals surface area contributed by atoms with Crippen LogP contribution in [0.3, 0.4) is 0 Å². The van der Waals surface area contributed by atoms with Crippen LogP contribution in [0.1, 0.15) is 26.3 Å². The molecule has 0 aliphatic rings. The van der Waals surface area contributed by atoms with Crippen molar-refractivity contribution in [2.24, 2.45) is 0 Å². The molecule has 0 fully saturated rings. The summed E-state index contributed by atoms with van der Waals surface area (Å²) >= 11 is 7.81. The first-order valence-electron chi connectivity index (χ1n) is 5.56. The van der Waals surface area contributed by atoms with E-state index in [2.05, 4.69) is 38.2 Å². The van der Waals surface area contributed by atoms with Gasteiger partial charge >= 0.3 is 0 Å². The molecule has 0 spiro atoms. The van der Waals surface area contributed by atoms with E-state index in [-0.39, 0.29) is 0 Å². The lowest BCUT2D eigenvalue weighted by molar-refractivity contribution is 0.726. The highest BCUT2D eigenvalue weighted by Crippen LogP contribution is 2.22. The lowest BCUT2D eigenvalue weighted by Crippen LogP contribution is -2.19. The van der Waals surface area contributed by atoms with Crippen molar-refractivity contribution in [3.05, 3.63) is 34.9 Å². The Morgan fingerprint density at radius 3 is 2.38 bits per heavy atom. The third-order valence-electron chi connectivity index (χ3n) is 2.06. The zero-order chi connectivity index (χ0) is 12.0. The van der Waals surface area contributed by atoms with Gasteiger partial charge in [-0.25, -0.2) is 0 Å². The summed E-state index contributed by atoms with van der Waals surface area (Å²) < 4.78 is 0.363. The number of halogens is 1. The second-order valence-corrected chi connectivity index (χ2v) is 7.12. The predicted octanol–water partition coefficient (Wildman–Crippen LogP) is 3.96. The molecule has 0 unspecified atom stereocenters. The van der Waals surface area contributed by atoms with E-state index in [9.17, 15) is 0 Å². The van der Waals surface area contributed by atoms with Gasteiger partial charge in [0.15, 0.2) is 0 Å². The van der Waals surface area contributed by atoms with Crippen LogP contribution in [0.25, 0.3) is 0 Å². The average Bonchev–Trinajstić information content (AvgIpc) is 2.19. The lowest BCUT2D eigenvalue weighted by Gasteiger charge is -2.17. The van der Waals surface area contributed by atoms with Crippen LogP contribution >= 0.6 is 23.4 Å². The highest BCUT2D eigenvalue weighted by atomic mass is 35.5. The molecular weight excluding hydrogens is 238 g/mol. The number of thioether (sulfide) groups is 1. The Balaban J connectivity index is 2.14. The van der Waals surface area contributed by atoms with Gasteiger partial charge in [-0.15, -0.1) is 0 Å². The fourth-order valence-corrected chi connectivity index (χ4v) is 2.25. The molecule has 0 heterocycles. The number of hydrogen-bond donors (Lipinski definition) is 1. The minimum absolute atomic E-state index is 0.363. The minimum atomic E-state index is 0.363. The van der Waals surface area contributed by atoms with Crippen molar-refractivity contribution >= 4 is 23.4 Å². The van der Waals surface area contributed by atoms with E-state index in [1.165, 1.54) is 5.56 Å². The van der Waals surface area contributed by atoms with Gasteiger partial charge in [0.05, 0.1) is 0 Å². The Kier molecular flexibility index (Phi) is 5.67. The van der Waals surface area contributed by atoms with E-state index in [0.29, 0.717) is 4.75 Å². The summed E-state index contributed by atoms with van der Waals surface area (Å²) in [7, 11) is 0. The maximum Gasteiger partial charge on any atom is 0.0406 e. The average molecular weight is 258 g/mol. The first-order valence-corrected chi connectivity index (χ1v) is 6.93. The SMILES string of the molecule is CC(C)(C)SCCNCc1ccc(Cl)cc1. The zero-order valence-electron chi connectivity index (χ0n) is 10.2. The summed E-state index contributed by atoms with van der Waals surface area (Å²) in [5.74, 6) is 1.15. The molecule has 0 aromatic heterocycles. The summed E-state index contributed by atoms with van der Waals surface area (Å²) in [5, 5.41) is 4.23. The first-order chi connectivity index (χ1) is 7.47. The number of benzene rings is 1. The molecule has 0 saturated heterocycles. The van der Waals surface area contributed by atoms with E-state index >= 15 is 0 Å². The van der Waals surface area contributed by atoms with Crippen LogP contribution in [0.15, 0.2) is 24.3 Å². The van der Waals surface area contributed by atoms with Gasteiger partial charge in [-0.3, -0.25) is 0 Å². The normalized spacial score (nSPS) is 11.8. The van der Waals surface area contributed by atoms with Gasteiger partial charge in [0.25, 0.3) is 0 Å². The third-order valence-corrected chi connectivity index (χ3v) is 3.58. The van der Waals surface area contributed by atoms with E-state index in [4.69, 9.17) is 11.6 Å². The van der Waals surface area contributed by atoms with Crippen LogP contribution in [0, 0.1) is 0 Å². The standard InChI is InChI=1S/C13H20ClNS/c1-13(2,3)16-9-8-15-10-11-4-6-12(14)7-5-11/h4-7,15H,8-10H2,1-3H3. The molecule has 3 heteroatoms. The fourth-order valence-electron chi connectivity index (χ4n) is 1.26. The van der Waals surface area contributed by atoms with Crippen molar-refractivity contribution in [3.63, 3.8) is 0 Å². The fraction of sp³-hybridized carbons (Fsp3) is 0.538. The molecule has 90 valence electrons. The molecule has 16 heavy (non-hydrogen) atoms. The van der Waals surface area contributed by atoms with Gasteiger partial charge in [-0.2, -0.15) is 11.8 Å². The van der Waals surface area contributed by atoms with Crippen LogP contribution in [-0.2, 0) is 6.54 Å². The van der Waals surface area contributed by atoms with Crippen molar-refractivity contribution in [2.75, 3.05) is 12.3 Å². The highest BCUT2D eigenvalue weighted by molar-refractivity contribution is 8.00. The van der Waals surface area contributed by atoms with Gasteiger partial charge in [0.2, 0.25) is 0 Å². The van der Waals surface area contributed by atoms with Crippen molar-refractivity contribution < 1.29 is 0 Å². The molecule has 0 aliphatic carbocycles. The molecule has 1 rings (SSSR count). The van der Waals surface area contributed by atoms with E-state index < -0.39 is 0 Å². The van der Waals surface area contributed by atoms with Crippen molar-refractivity contribution in [1.29, 1.82) is 0 Å². The Morgan fingerprint density at radius 2 is 1.81 bits per heavy atom. The highest BCUT2D eigenvalue weighted by Gasteiger charge is 2.08. The van der Waals surface area contributed by atoms with Crippen LogP contribution in [0.5, 0.6) is 0 Å². The molecule has 0 atom stereocenters. The van der Waals surface area contributed by atoms with Gasteiger partial charge < -0.3 is 5.32 Å². The van der Waals surface area contributed by atoms with Gasteiger partial charge in [-0.05, 0) is 17.7 Å². The second-order valence-electron chi connectivity index (χ2n) is 4.76. The van der Waals surface area contributed by atoms with E-state index in [1.54, 1.807) is 0 Å². The lowest BCUT2D eigenvalue weighted by atomic mass is 10.2. The maximum atomic E-state index is 5.82. The molecule has 1 aromatic rings. The van der Waals surface area contributed by atoms with Gasteiger partial charge in [-0.1, -0.05) is 44.5 Å². The van der Waals surface area contributed by atoms with E-state index in [0.717, 1.165) is 23.9 Å². The third kappa shape index (κ3) is 6.41. The van der Waals surface area contributed by atoms with Crippen LogP contribution < -0.4 is 5.32 Å². The van der Waals surface area contributed by atoms with Crippen LogP contribution in [0.4, 0.5) is 0 Å². The Bertz CT molecular complexity index is 303. The summed E-state index contributed by atoms with van der Waals surface area (Å²) in [5.41, 5.74) is 1.28. The molecule has 0 radical (unpaired) electrons. The molecule has 0 bridgehead atoms. The zero-order valence-corrected chi connectivity index (χ0v) is 11.8. The predicted molar refractivity (Wildman–Crippen MR) is 75.4 cm³/mol. The summed E-state index contributed by atoms with van der Waals surface area (Å²) in [4.78, 5) is 0. The molecular formula is C13H20ClNS. The molecule has 1 N–H and O–H groups in total. The smallest absolute Gasteiger partial charge is 0.0406 e. The van der Waals surface area contributed by atoms with Crippen LogP contribution in [-0.4, -0.2) is 17.0 Å². The van der Waals surface area contributed by atoms with Crippen molar-refractivity contribution in [3.8, 4) is 0 Å². The number of nitrogens with one attached hydrogen (secondary N) is 1. The van der Waals surface area contributed by atoms with Crippen LogP contribution in [0.2, 0.25) is 5.02 Å². The monoisotopic (exact) mass is 257 g/mol. The molecule has 1 aromatic carbocycles. The van der Waals surface area contributed by atoms with Crippen molar-refractivity contribution in [1.82, 2.24) is 5.32 Å². The summed E-state index contributed by atoms with van der Waals surface area (Å²) in [6.45, 7) is 8.71. The Labute approximate surface area is 108 Å². The molecule has 0 aliphatic heterocycles. The molecule has 0 saturated carbocycles. The molecule has 0 amide bonds. The largest absolute Gasteiger partial charge is 0.312 e. The van der Waals surface area contributed by atoms with Crippen molar-refractivity contribution in [2.45, 2.75) is 32.1 Å². The first kappa shape index (κ1) is 13.9. The topological polar surface area (TPSA) is 12.0 Å². The molecule has 1 nitrogen and oxygen atoms in total. The number of hydrogen-bond acceptors (Lipinski definition) is 2. The maximum absolute atomic E-state index is 5.82. The number of rotatable bonds is 5. The minimum Gasteiger partial charge on any atom is -0.312 e. The summed E-state index contributed by atoms with van der Waals surface area (Å²) in [6, 6.07) is 7.99. The Morgan fingerprint density at radius 1 is 1.19 bits per heavy atom. The summed E-state index contributed by atoms with van der Waals surface area (Å²) in [6.07, 6.45) is 0. The second kappa shape index (κ2) is 6.53.